The highest BCUT2D eigenvalue weighted by Gasteiger charge is 2.56. The predicted molar refractivity (Wildman–Crippen MR) is 88.0 cm³/mol. The Kier molecular flexibility index (Phi) is 3.60. The quantitative estimate of drug-likeness (QED) is 0.795. The van der Waals surface area contributed by atoms with Gasteiger partial charge in [-0.1, -0.05) is 20.8 Å². The Morgan fingerprint density at radius 2 is 1.91 bits per heavy atom. The minimum Gasteiger partial charge on any atom is -0.485 e. The van der Waals surface area contributed by atoms with E-state index in [-0.39, 0.29) is 23.2 Å². The Balaban J connectivity index is 1.93. The molecule has 2 aliphatic heterocycles. The van der Waals surface area contributed by atoms with Crippen LogP contribution >= 0.6 is 0 Å². The highest BCUT2D eigenvalue weighted by atomic mass is 32.2. The first-order chi connectivity index (χ1) is 10.4. The zero-order valence-electron chi connectivity index (χ0n) is 14.6. The fraction of sp³-hybridized carbons (Fsp3) is 0.647. The fourth-order valence-corrected chi connectivity index (χ4v) is 4.59. The van der Waals surface area contributed by atoms with Gasteiger partial charge in [0.05, 0.1) is 4.90 Å². The Hall–Kier alpha value is -1.11. The minimum absolute atomic E-state index is 0.000240. The molecule has 5 nitrogen and oxygen atoms in total. The van der Waals surface area contributed by atoms with Crippen LogP contribution in [0.15, 0.2) is 23.1 Å². The minimum atomic E-state index is -3.52. The van der Waals surface area contributed by atoms with Crippen molar-refractivity contribution in [3.63, 3.8) is 0 Å². The molecule has 0 radical (unpaired) electrons. The Morgan fingerprint density at radius 3 is 2.52 bits per heavy atom. The molecule has 23 heavy (non-hydrogen) atoms. The maximum Gasteiger partial charge on any atom is 0.242 e. The molecule has 1 aromatic carbocycles. The number of sulfonamides is 1. The third-order valence-electron chi connectivity index (χ3n) is 4.24. The largest absolute Gasteiger partial charge is 0.485 e. The van der Waals surface area contributed by atoms with E-state index in [0.717, 1.165) is 5.56 Å². The number of hydrogen-bond acceptors (Lipinski definition) is 4. The molecule has 2 atom stereocenters. The summed E-state index contributed by atoms with van der Waals surface area (Å²) in [6.45, 7) is 10.5. The first-order valence-electron chi connectivity index (χ1n) is 7.87. The summed E-state index contributed by atoms with van der Waals surface area (Å²) in [7, 11) is -1.90. The molecule has 3 rings (SSSR count). The molecule has 1 aromatic rings. The lowest BCUT2D eigenvalue weighted by molar-refractivity contribution is 0.0724. The first-order valence-corrected chi connectivity index (χ1v) is 9.31. The van der Waals surface area contributed by atoms with Crippen molar-refractivity contribution in [2.24, 2.45) is 5.41 Å². The van der Waals surface area contributed by atoms with E-state index in [2.05, 4.69) is 0 Å². The number of hydrogen-bond donors (Lipinski definition) is 0. The highest BCUT2D eigenvalue weighted by Crippen LogP contribution is 2.54. The number of ether oxygens (including phenoxy) is 2. The summed E-state index contributed by atoms with van der Waals surface area (Å²) in [5.41, 5.74) is 0.356. The molecule has 0 saturated carbocycles. The zero-order valence-corrected chi connectivity index (χ0v) is 15.4. The highest BCUT2D eigenvalue weighted by molar-refractivity contribution is 7.89. The molecular formula is C17H25NO4S. The normalized spacial score (nSPS) is 25.5. The van der Waals surface area contributed by atoms with Gasteiger partial charge in [0.1, 0.15) is 23.6 Å². The molecule has 2 heterocycles. The average molecular weight is 339 g/mol. The van der Waals surface area contributed by atoms with Crippen molar-refractivity contribution >= 4 is 10.0 Å². The Morgan fingerprint density at radius 1 is 1.26 bits per heavy atom. The molecule has 0 amide bonds. The summed E-state index contributed by atoms with van der Waals surface area (Å²) < 4.78 is 38.6. The van der Waals surface area contributed by atoms with Crippen LogP contribution in [0.3, 0.4) is 0 Å². The van der Waals surface area contributed by atoms with Crippen LogP contribution in [0, 0.1) is 5.41 Å². The van der Waals surface area contributed by atoms with Crippen LogP contribution in [-0.2, 0) is 14.8 Å². The van der Waals surface area contributed by atoms with Crippen LogP contribution in [0.25, 0.3) is 0 Å². The van der Waals surface area contributed by atoms with Gasteiger partial charge in [-0.15, -0.1) is 0 Å². The van der Waals surface area contributed by atoms with Crippen LogP contribution in [0.5, 0.6) is 5.75 Å². The maximum atomic E-state index is 12.8. The summed E-state index contributed by atoms with van der Waals surface area (Å²) in [5, 5.41) is 0. The molecule has 6 heteroatoms. The van der Waals surface area contributed by atoms with Gasteiger partial charge in [-0.25, -0.2) is 12.7 Å². The van der Waals surface area contributed by atoms with Crippen molar-refractivity contribution in [2.75, 3.05) is 13.6 Å². The summed E-state index contributed by atoms with van der Waals surface area (Å²) in [6, 6.07) is 5.06. The number of rotatable bonds is 3. The van der Waals surface area contributed by atoms with Crippen LogP contribution in [0.4, 0.5) is 0 Å². The van der Waals surface area contributed by atoms with E-state index in [1.807, 2.05) is 34.6 Å². The second-order valence-electron chi connectivity index (χ2n) is 8.20. The van der Waals surface area contributed by atoms with Gasteiger partial charge in [0.2, 0.25) is 10.0 Å². The fourth-order valence-electron chi connectivity index (χ4n) is 3.15. The molecule has 0 N–H and O–H groups in total. The molecule has 0 bridgehead atoms. The maximum absolute atomic E-state index is 12.8. The standard InChI is InChI=1S/C17H25NO4S/c1-16(2,3)10-18(6)23(19,20)11-7-8-13-12(9-11)14-15(21-14)17(4,5)22-13/h7-9,14-15H,10H2,1-6H3. The molecule has 1 saturated heterocycles. The van der Waals surface area contributed by atoms with E-state index < -0.39 is 10.0 Å². The number of epoxide rings is 1. The van der Waals surface area contributed by atoms with E-state index in [9.17, 15) is 8.42 Å². The van der Waals surface area contributed by atoms with Crippen molar-refractivity contribution < 1.29 is 17.9 Å². The number of benzene rings is 1. The van der Waals surface area contributed by atoms with Gasteiger partial charge in [0.25, 0.3) is 0 Å². The van der Waals surface area contributed by atoms with Gasteiger partial charge in [-0.3, -0.25) is 0 Å². The van der Waals surface area contributed by atoms with E-state index in [4.69, 9.17) is 9.47 Å². The number of fused-ring (bicyclic) bond motifs is 3. The lowest BCUT2D eigenvalue weighted by atomic mass is 9.94. The van der Waals surface area contributed by atoms with Crippen LogP contribution in [0.1, 0.15) is 46.3 Å². The second kappa shape index (κ2) is 4.94. The molecule has 128 valence electrons. The molecule has 0 spiro atoms. The molecule has 2 unspecified atom stereocenters. The second-order valence-corrected chi connectivity index (χ2v) is 10.2. The Bertz CT molecular complexity index is 733. The summed E-state index contributed by atoms with van der Waals surface area (Å²) >= 11 is 0. The van der Waals surface area contributed by atoms with E-state index >= 15 is 0 Å². The van der Waals surface area contributed by atoms with Crippen LogP contribution in [0.2, 0.25) is 0 Å². The summed E-state index contributed by atoms with van der Waals surface area (Å²) in [5.74, 6) is 0.714. The van der Waals surface area contributed by atoms with Gasteiger partial charge in [0.15, 0.2) is 0 Å². The van der Waals surface area contributed by atoms with E-state index in [1.165, 1.54) is 4.31 Å². The molecule has 0 aromatic heterocycles. The average Bonchev–Trinajstić information content (AvgIpc) is 3.17. The lowest BCUT2D eigenvalue weighted by Crippen LogP contribution is -2.38. The first kappa shape index (κ1) is 16.7. The number of nitrogens with zero attached hydrogens (tertiary/aromatic N) is 1. The topological polar surface area (TPSA) is 59.1 Å². The van der Waals surface area contributed by atoms with Gasteiger partial charge in [-0.2, -0.15) is 0 Å². The van der Waals surface area contributed by atoms with Gasteiger partial charge >= 0.3 is 0 Å². The van der Waals surface area contributed by atoms with Crippen molar-refractivity contribution in [1.82, 2.24) is 4.31 Å². The van der Waals surface area contributed by atoms with E-state index in [1.54, 1.807) is 25.2 Å². The van der Waals surface area contributed by atoms with Crippen LogP contribution < -0.4 is 4.74 Å². The molecule has 0 aliphatic carbocycles. The Labute approximate surface area is 138 Å². The van der Waals surface area contributed by atoms with Crippen LogP contribution in [-0.4, -0.2) is 38.0 Å². The van der Waals surface area contributed by atoms with Crippen molar-refractivity contribution in [1.29, 1.82) is 0 Å². The third kappa shape index (κ3) is 2.99. The SMILES string of the molecule is CN(CC(C)(C)C)S(=O)(=O)c1ccc2c(c1)C1OC1C(C)(C)O2. The predicted octanol–water partition coefficient (Wildman–Crippen LogP) is 2.96. The van der Waals surface area contributed by atoms with Gasteiger partial charge < -0.3 is 9.47 Å². The van der Waals surface area contributed by atoms with Gasteiger partial charge in [0, 0.05) is 19.2 Å². The van der Waals surface area contributed by atoms with E-state index in [0.29, 0.717) is 17.2 Å². The monoisotopic (exact) mass is 339 g/mol. The van der Waals surface area contributed by atoms with Gasteiger partial charge in [-0.05, 0) is 37.5 Å². The lowest BCUT2D eigenvalue weighted by Gasteiger charge is -2.30. The molecular weight excluding hydrogens is 314 g/mol. The zero-order chi connectivity index (χ0) is 17.2. The van der Waals surface area contributed by atoms with Crippen molar-refractivity contribution in [3.8, 4) is 5.75 Å². The smallest absolute Gasteiger partial charge is 0.242 e. The summed E-state index contributed by atoms with van der Waals surface area (Å²) in [4.78, 5) is 0.292. The third-order valence-corrected chi connectivity index (χ3v) is 6.04. The van der Waals surface area contributed by atoms with Crippen molar-refractivity contribution in [2.45, 2.75) is 57.3 Å². The molecule has 1 fully saturated rings. The summed E-state index contributed by atoms with van der Waals surface area (Å²) in [6.07, 6.45) is -0.0583. The van der Waals surface area contributed by atoms with Crippen molar-refractivity contribution in [3.05, 3.63) is 23.8 Å². The molecule has 2 aliphatic rings.